The Morgan fingerprint density at radius 3 is 2.94 bits per heavy atom. The van der Waals surface area contributed by atoms with Gasteiger partial charge in [-0.2, -0.15) is 11.8 Å². The van der Waals surface area contributed by atoms with E-state index in [0.29, 0.717) is 17.0 Å². The number of nitrogens with zero attached hydrogens (tertiary/aromatic N) is 3. The highest BCUT2D eigenvalue weighted by Gasteiger charge is 2.27. The van der Waals surface area contributed by atoms with Crippen LogP contribution < -0.4 is 4.90 Å². The third kappa shape index (κ3) is 2.72. The number of hydrogen-bond acceptors (Lipinski definition) is 5. The summed E-state index contributed by atoms with van der Waals surface area (Å²) in [7, 11) is 0. The van der Waals surface area contributed by atoms with Gasteiger partial charge in [0.2, 0.25) is 5.95 Å². The summed E-state index contributed by atoms with van der Waals surface area (Å²) in [6, 6.07) is 2.26. The number of anilines is 1. The summed E-state index contributed by atoms with van der Waals surface area (Å²) in [6.07, 6.45) is 0. The highest BCUT2D eigenvalue weighted by molar-refractivity contribution is 8.00. The van der Waals surface area contributed by atoms with Crippen LogP contribution in [-0.2, 0) is 6.61 Å². The van der Waals surface area contributed by atoms with Gasteiger partial charge in [-0.15, -0.1) is 0 Å². The summed E-state index contributed by atoms with van der Waals surface area (Å²) < 4.78 is 0. The van der Waals surface area contributed by atoms with Crippen LogP contribution in [0.15, 0.2) is 6.07 Å². The highest BCUT2D eigenvalue weighted by Crippen LogP contribution is 2.27. The SMILES string of the molecule is Cc1cc(CO)nc(N2CCSC(C)C2C)n1. The molecule has 0 aliphatic carbocycles. The average Bonchev–Trinajstić information content (AvgIpc) is 2.31. The molecule has 1 aromatic rings. The average molecular weight is 253 g/mol. The van der Waals surface area contributed by atoms with Crippen LogP contribution in [-0.4, -0.2) is 38.7 Å². The van der Waals surface area contributed by atoms with E-state index in [1.165, 1.54) is 0 Å². The zero-order chi connectivity index (χ0) is 12.4. The van der Waals surface area contributed by atoms with Gasteiger partial charge in [-0.1, -0.05) is 6.92 Å². The molecule has 1 N–H and O–H groups in total. The largest absolute Gasteiger partial charge is 0.390 e. The van der Waals surface area contributed by atoms with Crippen molar-refractivity contribution in [2.45, 2.75) is 38.7 Å². The van der Waals surface area contributed by atoms with Crippen molar-refractivity contribution in [1.29, 1.82) is 0 Å². The number of aliphatic hydroxyl groups excluding tert-OH is 1. The molecule has 0 aromatic carbocycles. The Morgan fingerprint density at radius 2 is 2.24 bits per heavy atom. The van der Waals surface area contributed by atoms with E-state index in [4.69, 9.17) is 0 Å². The summed E-state index contributed by atoms with van der Waals surface area (Å²) in [5.41, 5.74) is 1.61. The first kappa shape index (κ1) is 12.6. The second-order valence-electron chi connectivity index (χ2n) is 4.47. The van der Waals surface area contributed by atoms with Crippen LogP contribution in [0, 0.1) is 6.92 Å². The molecule has 2 atom stereocenters. The van der Waals surface area contributed by atoms with E-state index < -0.39 is 0 Å². The Bertz CT molecular complexity index is 399. The van der Waals surface area contributed by atoms with Crippen molar-refractivity contribution in [2.24, 2.45) is 0 Å². The Labute approximate surface area is 106 Å². The highest BCUT2D eigenvalue weighted by atomic mass is 32.2. The van der Waals surface area contributed by atoms with Gasteiger partial charge < -0.3 is 10.0 Å². The molecule has 1 saturated heterocycles. The molecule has 0 saturated carbocycles. The van der Waals surface area contributed by atoms with Gasteiger partial charge in [-0.3, -0.25) is 0 Å². The van der Waals surface area contributed by atoms with Gasteiger partial charge in [0, 0.05) is 29.3 Å². The van der Waals surface area contributed by atoms with Gasteiger partial charge in [-0.05, 0) is 19.9 Å². The molecule has 94 valence electrons. The number of aromatic nitrogens is 2. The van der Waals surface area contributed by atoms with Gasteiger partial charge in [0.1, 0.15) is 0 Å². The molecule has 1 aromatic heterocycles. The minimum absolute atomic E-state index is 0.0249. The standard InChI is InChI=1S/C12H19N3OS/c1-8-6-11(7-16)14-12(13-8)15-4-5-17-10(3)9(15)2/h6,9-10,16H,4-5,7H2,1-3H3. The van der Waals surface area contributed by atoms with Crippen molar-refractivity contribution >= 4 is 17.7 Å². The molecule has 1 aliphatic heterocycles. The molecule has 0 radical (unpaired) electrons. The Hall–Kier alpha value is -0.810. The maximum Gasteiger partial charge on any atom is 0.226 e. The minimum Gasteiger partial charge on any atom is -0.390 e. The zero-order valence-corrected chi connectivity index (χ0v) is 11.4. The lowest BCUT2D eigenvalue weighted by Crippen LogP contribution is -2.45. The van der Waals surface area contributed by atoms with E-state index in [-0.39, 0.29) is 6.61 Å². The quantitative estimate of drug-likeness (QED) is 0.867. The molecular formula is C12H19N3OS. The van der Waals surface area contributed by atoms with E-state index in [1.54, 1.807) is 0 Å². The number of hydrogen-bond donors (Lipinski definition) is 1. The Balaban J connectivity index is 2.29. The van der Waals surface area contributed by atoms with Gasteiger partial charge in [0.25, 0.3) is 0 Å². The van der Waals surface area contributed by atoms with Crippen molar-refractivity contribution in [2.75, 3.05) is 17.2 Å². The molecule has 0 spiro atoms. The van der Waals surface area contributed by atoms with Crippen LogP contribution in [0.1, 0.15) is 25.2 Å². The van der Waals surface area contributed by atoms with Crippen LogP contribution >= 0.6 is 11.8 Å². The fourth-order valence-electron chi connectivity index (χ4n) is 2.04. The van der Waals surface area contributed by atoms with E-state index in [1.807, 2.05) is 24.8 Å². The molecule has 2 unspecified atom stereocenters. The minimum atomic E-state index is -0.0249. The first-order chi connectivity index (χ1) is 8.11. The normalized spacial score (nSPS) is 25.1. The summed E-state index contributed by atoms with van der Waals surface area (Å²) >= 11 is 1.99. The molecule has 17 heavy (non-hydrogen) atoms. The fourth-order valence-corrected chi connectivity index (χ4v) is 3.14. The monoisotopic (exact) mass is 253 g/mol. The third-order valence-corrected chi connectivity index (χ3v) is 4.54. The molecule has 5 heteroatoms. The van der Waals surface area contributed by atoms with E-state index in [2.05, 4.69) is 28.7 Å². The summed E-state index contributed by atoms with van der Waals surface area (Å²) in [5.74, 6) is 1.87. The molecule has 1 aliphatic rings. The smallest absolute Gasteiger partial charge is 0.226 e. The number of aliphatic hydroxyl groups is 1. The second kappa shape index (κ2) is 5.23. The summed E-state index contributed by atoms with van der Waals surface area (Å²) in [4.78, 5) is 11.1. The van der Waals surface area contributed by atoms with Crippen molar-refractivity contribution in [3.05, 3.63) is 17.5 Å². The van der Waals surface area contributed by atoms with Crippen molar-refractivity contribution in [3.63, 3.8) is 0 Å². The molecule has 1 fully saturated rings. The van der Waals surface area contributed by atoms with Gasteiger partial charge in [0.15, 0.2) is 0 Å². The first-order valence-corrected chi connectivity index (χ1v) is 7.00. The van der Waals surface area contributed by atoms with E-state index in [9.17, 15) is 5.11 Å². The first-order valence-electron chi connectivity index (χ1n) is 5.95. The third-order valence-electron chi connectivity index (χ3n) is 3.20. The van der Waals surface area contributed by atoms with Crippen LogP contribution in [0.25, 0.3) is 0 Å². The molecular weight excluding hydrogens is 234 g/mol. The van der Waals surface area contributed by atoms with Crippen LogP contribution in [0.2, 0.25) is 0 Å². The van der Waals surface area contributed by atoms with Crippen LogP contribution in [0.3, 0.4) is 0 Å². The lowest BCUT2D eigenvalue weighted by molar-refractivity contribution is 0.276. The Kier molecular flexibility index (Phi) is 3.89. The molecule has 2 rings (SSSR count). The molecule has 0 amide bonds. The van der Waals surface area contributed by atoms with Crippen molar-refractivity contribution < 1.29 is 5.11 Å². The van der Waals surface area contributed by atoms with Crippen LogP contribution in [0.5, 0.6) is 0 Å². The lowest BCUT2D eigenvalue weighted by atomic mass is 10.2. The fraction of sp³-hybridized carbons (Fsp3) is 0.667. The topological polar surface area (TPSA) is 49.3 Å². The lowest BCUT2D eigenvalue weighted by Gasteiger charge is -2.37. The van der Waals surface area contributed by atoms with Gasteiger partial charge >= 0.3 is 0 Å². The maximum absolute atomic E-state index is 9.19. The van der Waals surface area contributed by atoms with Crippen molar-refractivity contribution in [1.82, 2.24) is 9.97 Å². The Morgan fingerprint density at radius 1 is 1.47 bits per heavy atom. The van der Waals surface area contributed by atoms with Gasteiger partial charge in [-0.25, -0.2) is 9.97 Å². The van der Waals surface area contributed by atoms with Crippen molar-refractivity contribution in [3.8, 4) is 0 Å². The maximum atomic E-state index is 9.19. The van der Waals surface area contributed by atoms with Gasteiger partial charge in [0.05, 0.1) is 12.3 Å². The number of rotatable bonds is 2. The van der Waals surface area contributed by atoms with E-state index >= 15 is 0 Å². The summed E-state index contributed by atoms with van der Waals surface area (Å²) in [6.45, 7) is 7.34. The predicted molar refractivity (Wildman–Crippen MR) is 71.4 cm³/mol. The zero-order valence-electron chi connectivity index (χ0n) is 10.6. The molecule has 4 nitrogen and oxygen atoms in total. The number of thioether (sulfide) groups is 1. The van der Waals surface area contributed by atoms with Crippen LogP contribution in [0.4, 0.5) is 5.95 Å². The molecule has 0 bridgehead atoms. The second-order valence-corrected chi connectivity index (χ2v) is 5.95. The predicted octanol–water partition coefficient (Wildman–Crippen LogP) is 1.61. The summed E-state index contributed by atoms with van der Waals surface area (Å²) in [5, 5.41) is 9.78. The number of aryl methyl sites for hydroxylation is 1. The van der Waals surface area contributed by atoms with E-state index in [0.717, 1.165) is 23.9 Å². The molecule has 2 heterocycles.